The van der Waals surface area contributed by atoms with Gasteiger partial charge in [0.15, 0.2) is 5.65 Å². The maximum Gasteiger partial charge on any atom is 0.162 e. The van der Waals surface area contributed by atoms with E-state index in [0.717, 1.165) is 65.0 Å². The van der Waals surface area contributed by atoms with Crippen molar-refractivity contribution in [3.8, 4) is 22.3 Å². The normalized spacial score (nSPS) is 14.3. The van der Waals surface area contributed by atoms with E-state index in [4.69, 9.17) is 4.98 Å². The van der Waals surface area contributed by atoms with Crippen molar-refractivity contribution in [3.63, 3.8) is 0 Å². The minimum absolute atomic E-state index is 0.847. The highest BCUT2D eigenvalue weighted by molar-refractivity contribution is 5.97. The zero-order valence-electron chi connectivity index (χ0n) is 18.0. The molecule has 3 aromatic heterocycles. The van der Waals surface area contributed by atoms with Crippen molar-refractivity contribution in [2.24, 2.45) is 0 Å². The molecule has 0 spiro atoms. The van der Waals surface area contributed by atoms with Crippen molar-refractivity contribution in [3.05, 3.63) is 78.9 Å². The first-order valence-electron chi connectivity index (χ1n) is 11.0. The van der Waals surface area contributed by atoms with Crippen LogP contribution in [-0.4, -0.2) is 45.8 Å². The van der Waals surface area contributed by atoms with Crippen molar-refractivity contribution in [1.82, 2.24) is 24.9 Å². The fourth-order valence-electron chi connectivity index (χ4n) is 4.64. The summed E-state index contributed by atoms with van der Waals surface area (Å²) in [6, 6.07) is 16.9. The second kappa shape index (κ2) is 7.73. The number of pyridine rings is 1. The Morgan fingerprint density at radius 2 is 1.75 bits per heavy atom. The van der Waals surface area contributed by atoms with Gasteiger partial charge in [-0.1, -0.05) is 24.3 Å². The highest BCUT2D eigenvalue weighted by atomic mass is 15.2. The third-order valence-corrected chi connectivity index (χ3v) is 6.28. The second-order valence-corrected chi connectivity index (χ2v) is 8.28. The molecule has 5 aromatic rings. The molecule has 0 aliphatic carbocycles. The van der Waals surface area contributed by atoms with Crippen LogP contribution in [0.1, 0.15) is 5.56 Å². The summed E-state index contributed by atoms with van der Waals surface area (Å²) >= 11 is 0. The number of nitrogens with one attached hydrogen (secondary N) is 1. The SMILES string of the molecule is Cc1cc(-c2cnc3c(-c4ccnc5ccccc45)cnn3c2)ccc1N1CCNCC1. The van der Waals surface area contributed by atoms with Crippen molar-refractivity contribution in [2.75, 3.05) is 31.1 Å². The summed E-state index contributed by atoms with van der Waals surface area (Å²) in [4.78, 5) is 11.7. The molecule has 2 aromatic carbocycles. The molecule has 32 heavy (non-hydrogen) atoms. The van der Waals surface area contributed by atoms with Crippen LogP contribution in [0.5, 0.6) is 0 Å². The molecule has 1 fully saturated rings. The Labute approximate surface area is 186 Å². The lowest BCUT2D eigenvalue weighted by Gasteiger charge is -2.30. The van der Waals surface area contributed by atoms with Gasteiger partial charge in [0.25, 0.3) is 0 Å². The fraction of sp³-hybridized carbons (Fsp3) is 0.192. The Kier molecular flexibility index (Phi) is 4.58. The molecule has 6 rings (SSSR count). The van der Waals surface area contributed by atoms with Crippen LogP contribution in [0.2, 0.25) is 0 Å². The number of para-hydroxylation sites is 1. The van der Waals surface area contributed by atoms with Crippen LogP contribution in [0.4, 0.5) is 5.69 Å². The van der Waals surface area contributed by atoms with Crippen molar-refractivity contribution >= 4 is 22.2 Å². The average molecular weight is 421 g/mol. The fourth-order valence-corrected chi connectivity index (χ4v) is 4.64. The van der Waals surface area contributed by atoms with E-state index in [2.05, 4.69) is 57.7 Å². The van der Waals surface area contributed by atoms with Crippen LogP contribution in [-0.2, 0) is 0 Å². The lowest BCUT2D eigenvalue weighted by atomic mass is 10.0. The van der Waals surface area contributed by atoms with Gasteiger partial charge < -0.3 is 10.2 Å². The summed E-state index contributed by atoms with van der Waals surface area (Å²) in [5, 5.41) is 9.14. The van der Waals surface area contributed by atoms with E-state index in [0.29, 0.717) is 0 Å². The molecular weight excluding hydrogens is 396 g/mol. The topological polar surface area (TPSA) is 58.4 Å². The Morgan fingerprint density at radius 1 is 0.875 bits per heavy atom. The van der Waals surface area contributed by atoms with Gasteiger partial charge in [0, 0.05) is 67.0 Å². The van der Waals surface area contributed by atoms with E-state index in [-0.39, 0.29) is 0 Å². The number of anilines is 1. The van der Waals surface area contributed by atoms with Crippen LogP contribution < -0.4 is 10.2 Å². The number of hydrogen-bond donors (Lipinski definition) is 1. The number of rotatable bonds is 3. The number of piperazine rings is 1. The van der Waals surface area contributed by atoms with Crippen LogP contribution in [0.3, 0.4) is 0 Å². The summed E-state index contributed by atoms with van der Waals surface area (Å²) in [7, 11) is 0. The van der Waals surface area contributed by atoms with E-state index in [1.165, 1.54) is 11.3 Å². The number of aromatic nitrogens is 4. The maximum atomic E-state index is 4.80. The zero-order chi connectivity index (χ0) is 21.5. The number of hydrogen-bond acceptors (Lipinski definition) is 5. The highest BCUT2D eigenvalue weighted by Crippen LogP contribution is 2.31. The quantitative estimate of drug-likeness (QED) is 0.471. The first kappa shape index (κ1) is 19.0. The largest absolute Gasteiger partial charge is 0.369 e. The molecule has 1 N–H and O–H groups in total. The lowest BCUT2D eigenvalue weighted by molar-refractivity contribution is 0.588. The van der Waals surface area contributed by atoms with Crippen LogP contribution in [0.25, 0.3) is 38.8 Å². The van der Waals surface area contributed by atoms with Crippen molar-refractivity contribution in [2.45, 2.75) is 6.92 Å². The highest BCUT2D eigenvalue weighted by Gasteiger charge is 2.15. The Hall–Kier alpha value is -3.77. The summed E-state index contributed by atoms with van der Waals surface area (Å²) < 4.78 is 1.87. The molecule has 4 heterocycles. The minimum atomic E-state index is 0.847. The molecule has 0 radical (unpaired) electrons. The van der Waals surface area contributed by atoms with E-state index >= 15 is 0 Å². The summed E-state index contributed by atoms with van der Waals surface area (Å²) in [6.07, 6.45) is 7.75. The first-order valence-corrected chi connectivity index (χ1v) is 11.0. The van der Waals surface area contributed by atoms with Crippen molar-refractivity contribution < 1.29 is 0 Å². The Bertz CT molecular complexity index is 1430. The maximum absolute atomic E-state index is 4.80. The third-order valence-electron chi connectivity index (χ3n) is 6.28. The number of benzene rings is 2. The van der Waals surface area contributed by atoms with Gasteiger partial charge in [-0.2, -0.15) is 5.10 Å². The van der Waals surface area contributed by atoms with Crippen LogP contribution in [0.15, 0.2) is 73.3 Å². The number of nitrogens with zero attached hydrogens (tertiary/aromatic N) is 5. The van der Waals surface area contributed by atoms with E-state index in [1.54, 1.807) is 0 Å². The van der Waals surface area contributed by atoms with Gasteiger partial charge in [0.2, 0.25) is 0 Å². The first-order chi connectivity index (χ1) is 15.8. The van der Waals surface area contributed by atoms with Crippen LogP contribution >= 0.6 is 0 Å². The monoisotopic (exact) mass is 420 g/mol. The number of aryl methyl sites for hydroxylation is 1. The molecule has 0 unspecified atom stereocenters. The van der Waals surface area contributed by atoms with Gasteiger partial charge in [0.1, 0.15) is 0 Å². The third kappa shape index (κ3) is 3.20. The second-order valence-electron chi connectivity index (χ2n) is 8.28. The predicted molar refractivity (Wildman–Crippen MR) is 129 cm³/mol. The van der Waals surface area contributed by atoms with E-state index in [1.807, 2.05) is 47.4 Å². The van der Waals surface area contributed by atoms with Crippen molar-refractivity contribution in [1.29, 1.82) is 0 Å². The smallest absolute Gasteiger partial charge is 0.162 e. The van der Waals surface area contributed by atoms with Gasteiger partial charge in [-0.25, -0.2) is 9.50 Å². The van der Waals surface area contributed by atoms with E-state index in [9.17, 15) is 0 Å². The molecule has 0 bridgehead atoms. The van der Waals surface area contributed by atoms with Crippen LogP contribution in [0, 0.1) is 6.92 Å². The molecule has 0 saturated carbocycles. The lowest BCUT2D eigenvalue weighted by Crippen LogP contribution is -2.43. The molecule has 1 saturated heterocycles. The minimum Gasteiger partial charge on any atom is -0.369 e. The molecule has 158 valence electrons. The van der Waals surface area contributed by atoms with Gasteiger partial charge in [0.05, 0.1) is 11.7 Å². The van der Waals surface area contributed by atoms with Gasteiger partial charge >= 0.3 is 0 Å². The molecule has 6 heteroatoms. The molecule has 6 nitrogen and oxygen atoms in total. The number of fused-ring (bicyclic) bond motifs is 2. The molecular formula is C26H24N6. The average Bonchev–Trinajstić information content (AvgIpc) is 3.27. The zero-order valence-corrected chi connectivity index (χ0v) is 18.0. The standard InChI is InChI=1S/C26H24N6/c1-18-14-19(6-7-25(18)31-12-10-27-11-13-31)20-15-29-26-23(16-30-32(26)17-20)21-8-9-28-24-5-3-2-4-22(21)24/h2-9,14-17,27H,10-13H2,1H3. The Balaban J connectivity index is 1.38. The van der Waals surface area contributed by atoms with E-state index < -0.39 is 0 Å². The molecule has 0 amide bonds. The van der Waals surface area contributed by atoms with Gasteiger partial charge in [-0.3, -0.25) is 4.98 Å². The summed E-state index contributed by atoms with van der Waals surface area (Å²) in [5.41, 5.74) is 8.75. The predicted octanol–water partition coefficient (Wildman–Crippen LogP) is 4.33. The molecule has 1 aliphatic heterocycles. The molecule has 1 aliphatic rings. The van der Waals surface area contributed by atoms with Gasteiger partial charge in [-0.15, -0.1) is 0 Å². The summed E-state index contributed by atoms with van der Waals surface area (Å²) in [6.45, 7) is 6.36. The van der Waals surface area contributed by atoms with Gasteiger partial charge in [-0.05, 0) is 47.9 Å². The Morgan fingerprint density at radius 3 is 2.62 bits per heavy atom. The summed E-state index contributed by atoms with van der Waals surface area (Å²) in [5.74, 6) is 0. The molecule has 0 atom stereocenters.